The summed E-state index contributed by atoms with van der Waals surface area (Å²) in [6.07, 6.45) is 4.63. The summed E-state index contributed by atoms with van der Waals surface area (Å²) in [5.41, 5.74) is 8.37. The van der Waals surface area contributed by atoms with Crippen LogP contribution in [0.3, 0.4) is 0 Å². The zero-order valence-corrected chi connectivity index (χ0v) is 17.4. The first kappa shape index (κ1) is 22.4. The molecule has 2 aromatic rings. The summed E-state index contributed by atoms with van der Waals surface area (Å²) >= 11 is 0. The van der Waals surface area contributed by atoms with E-state index < -0.39 is 9.84 Å². The van der Waals surface area contributed by atoms with Crippen LogP contribution in [-0.4, -0.2) is 19.6 Å². The Morgan fingerprint density at radius 2 is 1.68 bits per heavy atom. The number of hydrogen-bond donors (Lipinski definition) is 2. The molecular formula is C21H27ClN2O3S. The standard InChI is InChI=1S/C21H26N2O3S.ClH/c22-14-16-9-11-18(12-10-16)21(24)23-19-6-4-5-17(13-19)15-27(25,26)20-7-2-1-3-8-20;/h4-6,9-13,20H,1-3,7-8,14-15,22H2,(H,23,24);1H. The Morgan fingerprint density at radius 1 is 1.00 bits per heavy atom. The maximum atomic E-state index is 12.7. The molecule has 0 aliphatic heterocycles. The number of sulfone groups is 1. The van der Waals surface area contributed by atoms with Crippen molar-refractivity contribution in [1.29, 1.82) is 0 Å². The van der Waals surface area contributed by atoms with Crippen molar-refractivity contribution in [2.45, 2.75) is 49.7 Å². The van der Waals surface area contributed by atoms with Gasteiger partial charge in [0.2, 0.25) is 0 Å². The molecule has 0 heterocycles. The van der Waals surface area contributed by atoms with Crippen molar-refractivity contribution in [3.8, 4) is 0 Å². The van der Waals surface area contributed by atoms with Crippen LogP contribution >= 0.6 is 12.4 Å². The van der Waals surface area contributed by atoms with Crippen LogP contribution in [0.4, 0.5) is 5.69 Å². The first-order valence-electron chi connectivity index (χ1n) is 9.39. The molecule has 0 aromatic heterocycles. The molecule has 1 aliphatic rings. The molecule has 0 spiro atoms. The van der Waals surface area contributed by atoms with Crippen molar-refractivity contribution in [2.24, 2.45) is 5.73 Å². The zero-order valence-electron chi connectivity index (χ0n) is 15.8. The summed E-state index contributed by atoms with van der Waals surface area (Å²) in [6, 6.07) is 14.2. The van der Waals surface area contributed by atoms with Crippen LogP contribution in [0.2, 0.25) is 0 Å². The van der Waals surface area contributed by atoms with Gasteiger partial charge < -0.3 is 11.1 Å². The molecule has 1 saturated carbocycles. The zero-order chi connectivity index (χ0) is 19.3. The van der Waals surface area contributed by atoms with Crippen molar-refractivity contribution < 1.29 is 13.2 Å². The molecule has 2 aromatic carbocycles. The molecule has 0 saturated heterocycles. The number of anilines is 1. The fourth-order valence-electron chi connectivity index (χ4n) is 3.51. The second kappa shape index (κ2) is 10.0. The Balaban J connectivity index is 0.00000280. The van der Waals surface area contributed by atoms with Crippen LogP contribution in [-0.2, 0) is 22.1 Å². The number of carbonyl (C=O) groups excluding carboxylic acids is 1. The lowest BCUT2D eigenvalue weighted by molar-refractivity contribution is 0.102. The third kappa shape index (κ3) is 5.80. The van der Waals surface area contributed by atoms with E-state index in [1.165, 1.54) is 0 Å². The molecule has 1 amide bonds. The lowest BCUT2D eigenvalue weighted by atomic mass is 10.0. The Bertz CT molecular complexity index is 892. The Hall–Kier alpha value is -1.89. The molecule has 0 bridgehead atoms. The fraction of sp³-hybridized carbons (Fsp3) is 0.381. The summed E-state index contributed by atoms with van der Waals surface area (Å²) in [4.78, 5) is 12.4. The van der Waals surface area contributed by atoms with Gasteiger partial charge >= 0.3 is 0 Å². The molecule has 0 atom stereocenters. The van der Waals surface area contributed by atoms with E-state index in [1.807, 2.05) is 12.1 Å². The Kier molecular flexibility index (Phi) is 8.04. The number of nitrogens with one attached hydrogen (secondary N) is 1. The highest BCUT2D eigenvalue weighted by atomic mass is 35.5. The first-order chi connectivity index (χ1) is 13.0. The maximum Gasteiger partial charge on any atom is 0.255 e. The van der Waals surface area contributed by atoms with E-state index in [1.54, 1.807) is 36.4 Å². The van der Waals surface area contributed by atoms with Crippen LogP contribution in [0, 0.1) is 0 Å². The van der Waals surface area contributed by atoms with Crippen LogP contribution in [0.25, 0.3) is 0 Å². The first-order valence-corrected chi connectivity index (χ1v) is 11.1. The number of rotatable bonds is 6. The monoisotopic (exact) mass is 422 g/mol. The predicted molar refractivity (Wildman–Crippen MR) is 115 cm³/mol. The van der Waals surface area contributed by atoms with Gasteiger partial charge in [-0.3, -0.25) is 4.79 Å². The molecule has 5 nitrogen and oxygen atoms in total. The van der Waals surface area contributed by atoms with Gasteiger partial charge in [0.15, 0.2) is 9.84 Å². The van der Waals surface area contributed by atoms with E-state index in [0.717, 1.165) is 37.7 Å². The summed E-state index contributed by atoms with van der Waals surface area (Å²) in [7, 11) is -3.17. The van der Waals surface area contributed by atoms with Gasteiger partial charge in [-0.2, -0.15) is 0 Å². The van der Waals surface area contributed by atoms with Crippen molar-refractivity contribution >= 4 is 33.8 Å². The van der Waals surface area contributed by atoms with E-state index in [9.17, 15) is 13.2 Å². The minimum atomic E-state index is -3.17. The largest absolute Gasteiger partial charge is 0.326 e. The van der Waals surface area contributed by atoms with Gasteiger partial charge in [-0.05, 0) is 48.2 Å². The smallest absolute Gasteiger partial charge is 0.255 e. The SMILES string of the molecule is Cl.NCc1ccc(C(=O)Nc2cccc(CS(=O)(=O)C3CCCCC3)c2)cc1. The topological polar surface area (TPSA) is 89.3 Å². The van der Waals surface area contributed by atoms with E-state index in [2.05, 4.69) is 5.32 Å². The number of benzene rings is 2. The average molecular weight is 423 g/mol. The fourth-order valence-corrected chi connectivity index (χ4v) is 5.44. The van der Waals surface area contributed by atoms with Gasteiger partial charge in [-0.15, -0.1) is 12.4 Å². The molecule has 28 heavy (non-hydrogen) atoms. The molecule has 3 N–H and O–H groups in total. The summed E-state index contributed by atoms with van der Waals surface area (Å²) in [5, 5.41) is 2.61. The summed E-state index contributed by atoms with van der Waals surface area (Å²) < 4.78 is 25.3. The number of nitrogens with two attached hydrogens (primary N) is 1. The maximum absolute atomic E-state index is 12.7. The summed E-state index contributed by atoms with van der Waals surface area (Å²) in [6.45, 7) is 0.430. The average Bonchev–Trinajstić information content (AvgIpc) is 2.68. The lowest BCUT2D eigenvalue weighted by Gasteiger charge is -2.21. The molecule has 1 fully saturated rings. The second-order valence-electron chi connectivity index (χ2n) is 7.12. The quantitative estimate of drug-likeness (QED) is 0.734. The second-order valence-corrected chi connectivity index (χ2v) is 9.40. The lowest BCUT2D eigenvalue weighted by Crippen LogP contribution is -2.25. The Labute approximate surface area is 173 Å². The van der Waals surface area contributed by atoms with Gasteiger partial charge in [-0.1, -0.05) is 43.5 Å². The highest BCUT2D eigenvalue weighted by Gasteiger charge is 2.27. The number of amides is 1. The molecule has 152 valence electrons. The van der Waals surface area contributed by atoms with Crippen molar-refractivity contribution in [3.63, 3.8) is 0 Å². The van der Waals surface area contributed by atoms with Crippen LogP contribution in [0.5, 0.6) is 0 Å². The number of halogens is 1. The number of hydrogen-bond acceptors (Lipinski definition) is 4. The highest BCUT2D eigenvalue weighted by molar-refractivity contribution is 7.91. The van der Waals surface area contributed by atoms with Gasteiger partial charge in [0.05, 0.1) is 11.0 Å². The van der Waals surface area contributed by atoms with E-state index in [-0.39, 0.29) is 29.3 Å². The molecule has 1 aliphatic carbocycles. The van der Waals surface area contributed by atoms with Crippen molar-refractivity contribution in [3.05, 3.63) is 65.2 Å². The third-order valence-electron chi connectivity index (χ3n) is 5.06. The third-order valence-corrected chi connectivity index (χ3v) is 7.29. The van der Waals surface area contributed by atoms with Gasteiger partial charge in [0.25, 0.3) is 5.91 Å². The number of carbonyl (C=O) groups is 1. The molecule has 0 unspecified atom stereocenters. The highest BCUT2D eigenvalue weighted by Crippen LogP contribution is 2.26. The van der Waals surface area contributed by atoms with Crippen molar-refractivity contribution in [1.82, 2.24) is 0 Å². The molecule has 0 radical (unpaired) electrons. The molecular weight excluding hydrogens is 396 g/mol. The van der Waals surface area contributed by atoms with Gasteiger partial charge in [0, 0.05) is 17.8 Å². The van der Waals surface area contributed by atoms with E-state index >= 15 is 0 Å². The normalized spacial score (nSPS) is 14.9. The minimum Gasteiger partial charge on any atom is -0.326 e. The van der Waals surface area contributed by atoms with Crippen molar-refractivity contribution in [2.75, 3.05) is 5.32 Å². The van der Waals surface area contributed by atoms with E-state index in [0.29, 0.717) is 23.4 Å². The minimum absolute atomic E-state index is 0. The molecule has 7 heteroatoms. The van der Waals surface area contributed by atoms with E-state index in [4.69, 9.17) is 5.73 Å². The predicted octanol–water partition coefficient (Wildman–Crippen LogP) is 4.07. The Morgan fingerprint density at radius 3 is 2.32 bits per heavy atom. The summed E-state index contributed by atoms with van der Waals surface area (Å²) in [5.74, 6) is -0.210. The van der Waals surface area contributed by atoms with Gasteiger partial charge in [0.1, 0.15) is 0 Å². The van der Waals surface area contributed by atoms with Gasteiger partial charge in [-0.25, -0.2) is 8.42 Å². The molecule has 3 rings (SSSR count). The van der Waals surface area contributed by atoms with Crippen LogP contribution < -0.4 is 11.1 Å². The van der Waals surface area contributed by atoms with Crippen LogP contribution in [0.15, 0.2) is 48.5 Å². The van der Waals surface area contributed by atoms with Crippen LogP contribution in [0.1, 0.15) is 53.6 Å².